The van der Waals surface area contributed by atoms with E-state index in [-0.39, 0.29) is 6.09 Å². The van der Waals surface area contributed by atoms with Gasteiger partial charge in [-0.05, 0) is 12.5 Å². The zero-order valence-corrected chi connectivity index (χ0v) is 15.2. The number of carbonyl (C=O) groups is 1. The first kappa shape index (κ1) is 17.2. The molecule has 0 saturated carbocycles. The Hall–Kier alpha value is -1.66. The molecule has 2 N–H and O–H groups in total. The van der Waals surface area contributed by atoms with Crippen LogP contribution in [0.3, 0.4) is 0 Å². The van der Waals surface area contributed by atoms with Gasteiger partial charge in [-0.15, -0.1) is 0 Å². The third kappa shape index (κ3) is 3.39. The van der Waals surface area contributed by atoms with E-state index < -0.39 is 5.60 Å². The van der Waals surface area contributed by atoms with Crippen LogP contribution in [0.15, 0.2) is 34.2 Å². The maximum atomic E-state index is 11.4. The fraction of sp³-hybridized carbons (Fsp3) is 0.588. The predicted octanol–water partition coefficient (Wildman–Crippen LogP) is 2.31. The van der Waals surface area contributed by atoms with Gasteiger partial charge in [0.1, 0.15) is 5.60 Å². The molecule has 2 aliphatic heterocycles. The van der Waals surface area contributed by atoms with Crippen molar-refractivity contribution in [3.63, 3.8) is 0 Å². The summed E-state index contributed by atoms with van der Waals surface area (Å²) in [5.41, 5.74) is 6.59. The summed E-state index contributed by atoms with van der Waals surface area (Å²) >= 11 is 6.32. The molecule has 1 unspecified atom stereocenters. The van der Waals surface area contributed by atoms with Gasteiger partial charge in [0, 0.05) is 62.0 Å². The molecule has 0 radical (unpaired) electrons. The van der Waals surface area contributed by atoms with Crippen LogP contribution >= 0.6 is 11.6 Å². The van der Waals surface area contributed by atoms with E-state index >= 15 is 0 Å². The summed E-state index contributed by atoms with van der Waals surface area (Å²) in [7, 11) is 4.10. The minimum atomic E-state index is -0.405. The zero-order chi connectivity index (χ0) is 17.3. The molecule has 3 rings (SSSR count). The number of hydrogen-bond donors (Lipinski definition) is 2. The Morgan fingerprint density at radius 1 is 1.50 bits per heavy atom. The standard InChI is InChI=1S/C17H25ClN4O2/c1-4-17(11-19-16(23)24-17)7-8-21(2)15-9-12(18)5-6-14-13(15)10-22(3)20-14/h5,9,20H,4,6-8,10-11H2,1-3H3,(H,19,23). The summed E-state index contributed by atoms with van der Waals surface area (Å²) in [5.74, 6) is 0. The number of ether oxygens (including phenoxy) is 1. The molecule has 2 heterocycles. The molecular formula is C17H25ClN4O2. The van der Waals surface area contributed by atoms with Crippen molar-refractivity contribution in [3.05, 3.63) is 34.2 Å². The number of amides is 1. The second-order valence-corrected chi connectivity index (χ2v) is 7.14. The highest BCUT2D eigenvalue weighted by Gasteiger charge is 2.38. The van der Waals surface area contributed by atoms with Crippen molar-refractivity contribution in [3.8, 4) is 0 Å². The van der Waals surface area contributed by atoms with Gasteiger partial charge in [-0.25, -0.2) is 9.80 Å². The average molecular weight is 353 g/mol. The summed E-state index contributed by atoms with van der Waals surface area (Å²) in [6, 6.07) is 0. The van der Waals surface area contributed by atoms with Crippen LogP contribution in [0.1, 0.15) is 26.2 Å². The number of rotatable bonds is 5. The summed E-state index contributed by atoms with van der Waals surface area (Å²) in [6.45, 7) is 4.27. The second-order valence-electron chi connectivity index (χ2n) is 6.70. The molecule has 1 amide bonds. The van der Waals surface area contributed by atoms with Gasteiger partial charge in [0.2, 0.25) is 0 Å². The van der Waals surface area contributed by atoms with Gasteiger partial charge in [0.05, 0.1) is 6.54 Å². The Bertz CT molecular complexity index is 628. The van der Waals surface area contributed by atoms with Crippen molar-refractivity contribution >= 4 is 17.7 Å². The molecule has 0 aromatic carbocycles. The normalized spacial score (nSPS) is 26.9. The number of carbonyl (C=O) groups excluding carboxylic acids is 1. The summed E-state index contributed by atoms with van der Waals surface area (Å²) in [5, 5.41) is 5.61. The lowest BCUT2D eigenvalue weighted by molar-refractivity contribution is 0.0414. The number of hydrogen-bond acceptors (Lipinski definition) is 5. The lowest BCUT2D eigenvalue weighted by Gasteiger charge is -2.30. The lowest BCUT2D eigenvalue weighted by atomic mass is 9.96. The first-order valence-corrected chi connectivity index (χ1v) is 8.76. The third-order valence-corrected chi connectivity index (χ3v) is 5.26. The van der Waals surface area contributed by atoms with Crippen molar-refractivity contribution in [1.29, 1.82) is 0 Å². The number of nitrogens with zero attached hydrogens (tertiary/aromatic N) is 2. The van der Waals surface area contributed by atoms with Gasteiger partial charge in [0.25, 0.3) is 0 Å². The molecule has 1 atom stereocenters. The van der Waals surface area contributed by atoms with E-state index in [1.807, 2.05) is 19.2 Å². The van der Waals surface area contributed by atoms with Crippen LogP contribution < -0.4 is 10.7 Å². The van der Waals surface area contributed by atoms with E-state index in [4.69, 9.17) is 16.3 Å². The van der Waals surface area contributed by atoms with Crippen molar-refractivity contribution < 1.29 is 9.53 Å². The molecule has 1 saturated heterocycles. The number of alkyl carbamates (subject to hydrolysis) is 1. The van der Waals surface area contributed by atoms with Gasteiger partial charge < -0.3 is 20.4 Å². The first-order valence-electron chi connectivity index (χ1n) is 8.38. The van der Waals surface area contributed by atoms with Crippen molar-refractivity contribution in [2.24, 2.45) is 0 Å². The van der Waals surface area contributed by atoms with Crippen molar-refractivity contribution in [2.75, 3.05) is 33.7 Å². The maximum Gasteiger partial charge on any atom is 0.407 e. The molecule has 0 spiro atoms. The van der Waals surface area contributed by atoms with E-state index in [0.29, 0.717) is 6.54 Å². The van der Waals surface area contributed by atoms with E-state index in [1.165, 1.54) is 11.3 Å². The molecule has 0 bridgehead atoms. The number of allylic oxidation sites excluding steroid dienone is 3. The maximum absolute atomic E-state index is 11.4. The van der Waals surface area contributed by atoms with E-state index in [2.05, 4.69) is 34.6 Å². The fourth-order valence-corrected chi connectivity index (χ4v) is 3.58. The molecule has 0 aromatic heterocycles. The van der Waals surface area contributed by atoms with E-state index in [9.17, 15) is 4.79 Å². The predicted molar refractivity (Wildman–Crippen MR) is 94.2 cm³/mol. The summed E-state index contributed by atoms with van der Waals surface area (Å²) < 4.78 is 5.52. The number of halogens is 1. The van der Waals surface area contributed by atoms with Gasteiger partial charge in [-0.1, -0.05) is 24.6 Å². The second kappa shape index (κ2) is 6.69. The smallest absolute Gasteiger partial charge is 0.407 e. The van der Waals surface area contributed by atoms with Gasteiger partial charge in [-0.3, -0.25) is 0 Å². The molecule has 24 heavy (non-hydrogen) atoms. The topological polar surface area (TPSA) is 56.8 Å². The highest BCUT2D eigenvalue weighted by Crippen LogP contribution is 2.31. The molecule has 1 aliphatic carbocycles. The van der Waals surface area contributed by atoms with Crippen LogP contribution in [0.25, 0.3) is 0 Å². The van der Waals surface area contributed by atoms with Crippen LogP contribution in [0.5, 0.6) is 0 Å². The van der Waals surface area contributed by atoms with Gasteiger partial charge >= 0.3 is 6.09 Å². The average Bonchev–Trinajstić information content (AvgIpc) is 3.07. The largest absolute Gasteiger partial charge is 0.441 e. The van der Waals surface area contributed by atoms with E-state index in [1.54, 1.807) is 0 Å². The van der Waals surface area contributed by atoms with Crippen LogP contribution in [-0.2, 0) is 4.74 Å². The minimum absolute atomic E-state index is 0.314. The Balaban J connectivity index is 1.73. The van der Waals surface area contributed by atoms with Crippen LogP contribution in [-0.4, -0.2) is 55.3 Å². The monoisotopic (exact) mass is 352 g/mol. The molecular weight excluding hydrogens is 328 g/mol. The summed E-state index contributed by atoms with van der Waals surface area (Å²) in [6.07, 6.45) is 6.14. The molecule has 132 valence electrons. The SMILES string of the molecule is CCC1(CCN(C)C2=CC(Cl)=CCC3=C2CN(C)N3)CNC(=O)O1. The van der Waals surface area contributed by atoms with Crippen LogP contribution in [0.4, 0.5) is 4.79 Å². The quantitative estimate of drug-likeness (QED) is 0.795. The number of nitrogens with one attached hydrogen (secondary N) is 2. The Morgan fingerprint density at radius 3 is 2.96 bits per heavy atom. The molecule has 1 fully saturated rings. The van der Waals surface area contributed by atoms with Crippen LogP contribution in [0.2, 0.25) is 0 Å². The number of cyclic esters (lactones) is 1. The highest BCUT2D eigenvalue weighted by atomic mass is 35.5. The van der Waals surface area contributed by atoms with Gasteiger partial charge in [0.15, 0.2) is 0 Å². The van der Waals surface area contributed by atoms with Crippen molar-refractivity contribution in [1.82, 2.24) is 20.7 Å². The lowest BCUT2D eigenvalue weighted by Crippen LogP contribution is -2.37. The summed E-state index contributed by atoms with van der Waals surface area (Å²) in [4.78, 5) is 13.6. The fourth-order valence-electron chi connectivity index (χ4n) is 3.40. The van der Waals surface area contributed by atoms with Gasteiger partial charge in [-0.2, -0.15) is 0 Å². The molecule has 3 aliphatic rings. The third-order valence-electron chi connectivity index (χ3n) is 4.99. The van der Waals surface area contributed by atoms with E-state index in [0.717, 1.165) is 43.1 Å². The first-order chi connectivity index (χ1) is 11.4. The molecule has 6 nitrogen and oxygen atoms in total. The Kier molecular flexibility index (Phi) is 4.78. The molecule has 0 aromatic rings. The molecule has 7 heteroatoms. The highest BCUT2D eigenvalue weighted by molar-refractivity contribution is 6.31. The minimum Gasteiger partial charge on any atom is -0.441 e. The van der Waals surface area contributed by atoms with Crippen LogP contribution in [0, 0.1) is 0 Å². The Morgan fingerprint density at radius 2 is 2.29 bits per heavy atom. The van der Waals surface area contributed by atoms with Crippen molar-refractivity contribution in [2.45, 2.75) is 31.8 Å². The number of likely N-dealkylation sites (N-methyl/N-ethyl adjacent to an activating group) is 2. The zero-order valence-electron chi connectivity index (χ0n) is 14.5. The Labute approximate surface area is 148 Å². The number of hydrazine groups is 1.